The number of methoxy groups -OCH3 is 1. The van der Waals surface area contributed by atoms with Crippen LogP contribution in [0.1, 0.15) is 25.3 Å². The number of carbonyl (C=O) groups excluding carboxylic acids is 1. The first-order valence-corrected chi connectivity index (χ1v) is 7.89. The summed E-state index contributed by atoms with van der Waals surface area (Å²) in [6, 6.07) is 2.92. The normalized spacial score (nSPS) is 18.2. The Morgan fingerprint density at radius 2 is 2.25 bits per heavy atom. The van der Waals surface area contributed by atoms with Crippen LogP contribution in [0, 0.1) is 16.0 Å². The fraction of sp³-hybridized carbons (Fsp3) is 0.562. The zero-order valence-electron chi connectivity index (χ0n) is 13.9. The van der Waals surface area contributed by atoms with Gasteiger partial charge < -0.3 is 14.6 Å². The van der Waals surface area contributed by atoms with Crippen LogP contribution in [-0.4, -0.2) is 47.7 Å². The minimum Gasteiger partial charge on any atom is -0.500 e. The summed E-state index contributed by atoms with van der Waals surface area (Å²) in [5.41, 5.74) is 0.268. The average Bonchev–Trinajstić information content (AvgIpc) is 2.56. The van der Waals surface area contributed by atoms with Gasteiger partial charge in [0.05, 0.1) is 24.6 Å². The third kappa shape index (κ3) is 4.14. The number of likely N-dealkylation sites (tertiary alicyclic amines) is 1. The number of piperidine rings is 1. The van der Waals surface area contributed by atoms with E-state index < -0.39 is 10.7 Å². The first kappa shape index (κ1) is 18.0. The summed E-state index contributed by atoms with van der Waals surface area (Å²) < 4.78 is 10.1. The Labute approximate surface area is 140 Å². The summed E-state index contributed by atoms with van der Waals surface area (Å²) in [5, 5.41) is 20.9. The van der Waals surface area contributed by atoms with Gasteiger partial charge >= 0.3 is 11.7 Å². The van der Waals surface area contributed by atoms with Crippen LogP contribution in [0.15, 0.2) is 12.1 Å². The molecule has 2 rings (SSSR count). The number of benzene rings is 1. The Morgan fingerprint density at radius 1 is 1.50 bits per heavy atom. The number of ether oxygens (including phenoxy) is 2. The van der Waals surface area contributed by atoms with Crippen LogP contribution >= 0.6 is 0 Å². The van der Waals surface area contributed by atoms with Crippen LogP contribution in [-0.2, 0) is 16.1 Å². The van der Waals surface area contributed by atoms with Gasteiger partial charge in [-0.2, -0.15) is 0 Å². The third-order valence-electron chi connectivity index (χ3n) is 4.06. The molecule has 1 atom stereocenters. The fourth-order valence-corrected chi connectivity index (χ4v) is 2.94. The molecule has 0 saturated carbocycles. The molecule has 0 spiro atoms. The Hall–Kier alpha value is -2.35. The number of nitro groups is 1. The predicted octanol–water partition coefficient (Wildman–Crippen LogP) is 2.08. The van der Waals surface area contributed by atoms with Gasteiger partial charge in [0.15, 0.2) is 5.75 Å². The largest absolute Gasteiger partial charge is 0.500 e. The van der Waals surface area contributed by atoms with E-state index in [1.807, 2.05) is 0 Å². The van der Waals surface area contributed by atoms with Crippen LogP contribution in [0.25, 0.3) is 0 Å². The van der Waals surface area contributed by atoms with Crippen LogP contribution in [0.4, 0.5) is 5.69 Å². The lowest BCUT2D eigenvalue weighted by atomic mass is 9.97. The lowest BCUT2D eigenvalue weighted by molar-refractivity contribution is -0.386. The van der Waals surface area contributed by atoms with Gasteiger partial charge in [-0.05, 0) is 37.9 Å². The molecule has 132 valence electrons. The summed E-state index contributed by atoms with van der Waals surface area (Å²) in [5.74, 6) is -0.781. The van der Waals surface area contributed by atoms with Crippen LogP contribution in [0.3, 0.4) is 0 Å². The van der Waals surface area contributed by atoms with Gasteiger partial charge in [0.2, 0.25) is 5.75 Å². The van der Waals surface area contributed by atoms with Crippen molar-refractivity contribution in [3.8, 4) is 11.5 Å². The van der Waals surface area contributed by atoms with Gasteiger partial charge in [0.25, 0.3) is 0 Å². The molecule has 0 bridgehead atoms. The number of nitro benzene ring substituents is 1. The monoisotopic (exact) mass is 338 g/mol. The molecule has 1 saturated heterocycles. The maximum Gasteiger partial charge on any atom is 0.314 e. The van der Waals surface area contributed by atoms with Gasteiger partial charge in [0, 0.05) is 19.2 Å². The topological polar surface area (TPSA) is 102 Å². The minimum atomic E-state index is -0.640. The molecule has 8 heteroatoms. The van der Waals surface area contributed by atoms with Gasteiger partial charge in [-0.25, -0.2) is 0 Å². The second-order valence-corrected chi connectivity index (χ2v) is 5.75. The van der Waals surface area contributed by atoms with Crippen LogP contribution in [0.5, 0.6) is 11.5 Å². The molecule has 1 heterocycles. The van der Waals surface area contributed by atoms with Crippen molar-refractivity contribution in [2.24, 2.45) is 5.92 Å². The van der Waals surface area contributed by atoms with Crippen LogP contribution < -0.4 is 4.74 Å². The van der Waals surface area contributed by atoms with E-state index in [1.165, 1.54) is 13.2 Å². The second-order valence-electron chi connectivity index (χ2n) is 5.75. The van der Waals surface area contributed by atoms with Crippen molar-refractivity contribution < 1.29 is 24.3 Å². The number of carbonyl (C=O) groups is 1. The second kappa shape index (κ2) is 7.96. The first-order valence-electron chi connectivity index (χ1n) is 7.89. The van der Waals surface area contributed by atoms with Crippen molar-refractivity contribution in [2.45, 2.75) is 26.3 Å². The summed E-state index contributed by atoms with van der Waals surface area (Å²) in [4.78, 5) is 24.4. The number of esters is 1. The molecular weight excluding hydrogens is 316 g/mol. The SMILES string of the molecule is CCOC(=O)[C@@H]1CCCN(Cc2cc(OC)c(O)c([N+](=O)[O-])c2)C1. The lowest BCUT2D eigenvalue weighted by Crippen LogP contribution is -2.38. The molecule has 0 aliphatic carbocycles. The van der Waals surface area contributed by atoms with Gasteiger partial charge in [-0.3, -0.25) is 19.8 Å². The van der Waals surface area contributed by atoms with Crippen molar-refractivity contribution in [3.05, 3.63) is 27.8 Å². The van der Waals surface area contributed by atoms with Crippen molar-refractivity contribution >= 4 is 11.7 Å². The molecule has 0 amide bonds. The van der Waals surface area contributed by atoms with E-state index in [0.717, 1.165) is 19.4 Å². The van der Waals surface area contributed by atoms with E-state index in [-0.39, 0.29) is 23.3 Å². The number of hydrogen-bond donors (Lipinski definition) is 1. The predicted molar refractivity (Wildman–Crippen MR) is 85.9 cm³/mol. The number of nitrogens with zero attached hydrogens (tertiary/aromatic N) is 2. The summed E-state index contributed by atoms with van der Waals surface area (Å²) in [6.07, 6.45) is 1.65. The standard InChI is InChI=1S/C16H22N2O6/c1-3-24-16(20)12-5-4-6-17(10-12)9-11-7-13(18(21)22)15(19)14(8-11)23-2/h7-8,12,19H,3-6,9-10H2,1-2H3/t12-/m1/s1. The number of phenols is 1. The quantitative estimate of drug-likeness (QED) is 0.481. The highest BCUT2D eigenvalue weighted by Crippen LogP contribution is 2.37. The van der Waals surface area contributed by atoms with E-state index in [1.54, 1.807) is 13.0 Å². The molecule has 1 aliphatic rings. The maximum absolute atomic E-state index is 11.9. The first-order chi connectivity index (χ1) is 11.5. The van der Waals surface area contributed by atoms with E-state index in [9.17, 15) is 20.0 Å². The minimum absolute atomic E-state index is 0.0677. The third-order valence-corrected chi connectivity index (χ3v) is 4.06. The summed E-state index contributed by atoms with van der Waals surface area (Å²) >= 11 is 0. The Kier molecular flexibility index (Phi) is 5.97. The molecule has 0 aromatic heterocycles. The number of phenolic OH excluding ortho intramolecular Hbond substituents is 1. The lowest BCUT2D eigenvalue weighted by Gasteiger charge is -2.31. The summed E-state index contributed by atoms with van der Waals surface area (Å²) in [6.45, 7) is 3.92. The van der Waals surface area contributed by atoms with Gasteiger partial charge in [-0.1, -0.05) is 0 Å². The highest BCUT2D eigenvalue weighted by molar-refractivity contribution is 5.72. The van der Waals surface area contributed by atoms with Gasteiger partial charge in [-0.15, -0.1) is 0 Å². The molecule has 8 nitrogen and oxygen atoms in total. The molecule has 0 unspecified atom stereocenters. The Balaban J connectivity index is 2.14. The fourth-order valence-electron chi connectivity index (χ4n) is 2.94. The zero-order chi connectivity index (χ0) is 17.7. The van der Waals surface area contributed by atoms with Gasteiger partial charge in [0.1, 0.15) is 0 Å². The van der Waals surface area contributed by atoms with Crippen molar-refractivity contribution in [2.75, 3.05) is 26.8 Å². The zero-order valence-corrected chi connectivity index (χ0v) is 13.9. The smallest absolute Gasteiger partial charge is 0.314 e. The summed E-state index contributed by atoms with van der Waals surface area (Å²) in [7, 11) is 1.35. The van der Waals surface area contributed by atoms with Crippen molar-refractivity contribution in [3.63, 3.8) is 0 Å². The molecular formula is C16H22N2O6. The molecule has 1 aromatic rings. The van der Waals surface area contributed by atoms with Crippen molar-refractivity contribution in [1.82, 2.24) is 4.90 Å². The highest BCUT2D eigenvalue weighted by Gasteiger charge is 2.28. The number of hydrogen-bond acceptors (Lipinski definition) is 7. The van der Waals surface area contributed by atoms with E-state index >= 15 is 0 Å². The Bertz CT molecular complexity index is 619. The molecule has 1 aliphatic heterocycles. The molecule has 0 radical (unpaired) electrons. The maximum atomic E-state index is 11.9. The van der Waals surface area contributed by atoms with E-state index in [2.05, 4.69) is 4.90 Å². The van der Waals surface area contributed by atoms with E-state index in [0.29, 0.717) is 25.3 Å². The van der Waals surface area contributed by atoms with Crippen molar-refractivity contribution in [1.29, 1.82) is 0 Å². The van der Waals surface area contributed by atoms with E-state index in [4.69, 9.17) is 9.47 Å². The molecule has 1 aromatic carbocycles. The number of rotatable bonds is 6. The van der Waals surface area contributed by atoms with Crippen LogP contribution in [0.2, 0.25) is 0 Å². The highest BCUT2D eigenvalue weighted by atomic mass is 16.6. The Morgan fingerprint density at radius 3 is 2.88 bits per heavy atom. The average molecular weight is 338 g/mol. The molecule has 1 N–H and O–H groups in total. The number of aromatic hydroxyl groups is 1. The molecule has 1 fully saturated rings. The molecule has 24 heavy (non-hydrogen) atoms.